The Hall–Kier alpha value is -2.80. The van der Waals surface area contributed by atoms with E-state index in [1.165, 1.54) is 16.7 Å². The average molecular weight is 382 g/mol. The molecule has 0 fully saturated rings. The number of aromatic nitrogens is 2. The Morgan fingerprint density at radius 1 is 1.11 bits per heavy atom. The number of fused-ring (bicyclic) bond motifs is 1. The molecule has 0 aliphatic heterocycles. The van der Waals surface area contributed by atoms with Crippen molar-refractivity contribution in [3.05, 3.63) is 54.1 Å². The molecule has 6 nitrogen and oxygen atoms in total. The van der Waals surface area contributed by atoms with E-state index in [1.807, 2.05) is 24.3 Å². The highest BCUT2D eigenvalue weighted by atomic mass is 32.2. The van der Waals surface area contributed by atoms with E-state index in [4.69, 9.17) is 0 Å². The van der Waals surface area contributed by atoms with Crippen LogP contribution in [0.2, 0.25) is 0 Å². The molecule has 0 radical (unpaired) electrons. The minimum Gasteiger partial charge on any atom is -0.345 e. The summed E-state index contributed by atoms with van der Waals surface area (Å²) >= 11 is 1.42. The van der Waals surface area contributed by atoms with Crippen molar-refractivity contribution < 1.29 is 9.59 Å². The van der Waals surface area contributed by atoms with Crippen LogP contribution in [0.3, 0.4) is 0 Å². The first kappa shape index (κ1) is 19.0. The van der Waals surface area contributed by atoms with E-state index >= 15 is 0 Å². The quantitative estimate of drug-likeness (QED) is 0.663. The van der Waals surface area contributed by atoms with Gasteiger partial charge in [0.15, 0.2) is 5.16 Å². The third-order valence-corrected chi connectivity index (χ3v) is 5.07. The van der Waals surface area contributed by atoms with Crippen molar-refractivity contribution >= 4 is 40.3 Å². The number of hydrogen-bond donors (Lipinski definition) is 1. The fourth-order valence-corrected chi connectivity index (χ4v) is 3.63. The highest BCUT2D eigenvalue weighted by Gasteiger charge is 2.12. The number of amides is 2. The molecule has 1 N–H and O–H groups in total. The van der Waals surface area contributed by atoms with Crippen LogP contribution in [0.25, 0.3) is 11.0 Å². The number of carbonyl (C=O) groups excluding carboxylic acids is 2. The first-order chi connectivity index (χ1) is 13.0. The molecule has 2 amide bonds. The number of anilines is 1. The predicted molar refractivity (Wildman–Crippen MR) is 109 cm³/mol. The summed E-state index contributed by atoms with van der Waals surface area (Å²) in [7, 11) is 3.41. The summed E-state index contributed by atoms with van der Waals surface area (Å²) in [6.07, 6.45) is 0. The van der Waals surface area contributed by atoms with Gasteiger partial charge in [0.25, 0.3) is 5.91 Å². The van der Waals surface area contributed by atoms with Gasteiger partial charge in [0.05, 0.1) is 16.8 Å². The zero-order valence-electron chi connectivity index (χ0n) is 15.6. The predicted octanol–water partition coefficient (Wildman–Crippen LogP) is 3.49. The van der Waals surface area contributed by atoms with Crippen molar-refractivity contribution in [3.8, 4) is 0 Å². The average Bonchev–Trinajstić information content (AvgIpc) is 3.03. The molecule has 0 saturated carbocycles. The van der Waals surface area contributed by atoms with Crippen molar-refractivity contribution in [1.82, 2.24) is 14.5 Å². The van der Waals surface area contributed by atoms with Crippen molar-refractivity contribution in [2.75, 3.05) is 25.2 Å². The summed E-state index contributed by atoms with van der Waals surface area (Å²) in [5.74, 6) is 0.0881. The third-order valence-electron chi connectivity index (χ3n) is 4.09. The van der Waals surface area contributed by atoms with Gasteiger partial charge < -0.3 is 14.8 Å². The largest absolute Gasteiger partial charge is 0.345 e. The van der Waals surface area contributed by atoms with Gasteiger partial charge in [-0.3, -0.25) is 9.59 Å². The van der Waals surface area contributed by atoms with Gasteiger partial charge >= 0.3 is 0 Å². The molecule has 0 spiro atoms. The molecule has 0 bridgehead atoms. The lowest BCUT2D eigenvalue weighted by atomic mass is 10.2. The Kier molecular flexibility index (Phi) is 5.81. The van der Waals surface area contributed by atoms with E-state index in [2.05, 4.69) is 21.8 Å². The Labute approximate surface area is 162 Å². The molecule has 3 aromatic rings. The number of thioether (sulfide) groups is 1. The third kappa shape index (κ3) is 4.31. The second-order valence-corrected chi connectivity index (χ2v) is 7.18. The second kappa shape index (κ2) is 8.26. The van der Waals surface area contributed by atoms with E-state index in [0.29, 0.717) is 11.3 Å². The van der Waals surface area contributed by atoms with Crippen molar-refractivity contribution in [1.29, 1.82) is 0 Å². The molecule has 140 valence electrons. The number of nitrogens with one attached hydrogen (secondary N) is 1. The Bertz CT molecular complexity index is 964. The number of aryl methyl sites for hydroxylation is 1. The summed E-state index contributed by atoms with van der Waals surface area (Å²) in [6, 6.07) is 14.8. The number of nitrogens with zero attached hydrogens (tertiary/aromatic N) is 3. The number of imidazole rings is 1. The zero-order chi connectivity index (χ0) is 19.4. The number of para-hydroxylation sites is 2. The molecule has 2 aromatic carbocycles. The molecule has 0 atom stereocenters. The summed E-state index contributed by atoms with van der Waals surface area (Å²) in [4.78, 5) is 30.3. The molecule has 1 aromatic heterocycles. The first-order valence-corrected chi connectivity index (χ1v) is 9.67. The fraction of sp³-hybridized carbons (Fsp3) is 0.250. The van der Waals surface area contributed by atoms with E-state index in [9.17, 15) is 9.59 Å². The molecule has 0 aliphatic carbocycles. The Balaban J connectivity index is 1.62. The lowest BCUT2D eigenvalue weighted by Crippen LogP contribution is -2.21. The van der Waals surface area contributed by atoms with Crippen molar-refractivity contribution in [3.63, 3.8) is 0 Å². The van der Waals surface area contributed by atoms with E-state index < -0.39 is 0 Å². The van der Waals surface area contributed by atoms with Gasteiger partial charge in [-0.2, -0.15) is 0 Å². The SMILES string of the molecule is CCn1c(SCC(=O)Nc2ccc(C(=O)N(C)C)cc2)nc2ccccc21. The normalized spacial score (nSPS) is 10.8. The van der Waals surface area contributed by atoms with Gasteiger partial charge in [-0.15, -0.1) is 0 Å². The van der Waals surface area contributed by atoms with E-state index in [-0.39, 0.29) is 17.6 Å². The lowest BCUT2D eigenvalue weighted by molar-refractivity contribution is -0.113. The maximum Gasteiger partial charge on any atom is 0.253 e. The van der Waals surface area contributed by atoms with Crippen LogP contribution in [0.15, 0.2) is 53.7 Å². The molecule has 3 rings (SSSR count). The molecule has 0 aliphatic rings. The topological polar surface area (TPSA) is 67.2 Å². The van der Waals surface area contributed by atoms with Crippen LogP contribution >= 0.6 is 11.8 Å². The Morgan fingerprint density at radius 3 is 2.48 bits per heavy atom. The summed E-state index contributed by atoms with van der Waals surface area (Å²) in [5, 5.41) is 3.69. The Morgan fingerprint density at radius 2 is 1.81 bits per heavy atom. The number of benzene rings is 2. The van der Waals surface area contributed by atoms with Gasteiger partial charge in [-0.25, -0.2) is 4.98 Å². The minimum atomic E-state index is -0.110. The van der Waals surface area contributed by atoms with Crippen molar-refractivity contribution in [2.24, 2.45) is 0 Å². The second-order valence-electron chi connectivity index (χ2n) is 6.24. The van der Waals surface area contributed by atoms with Crippen LogP contribution < -0.4 is 5.32 Å². The summed E-state index contributed by atoms with van der Waals surface area (Å²) in [5.41, 5.74) is 3.26. The molecule has 0 saturated heterocycles. The van der Waals surface area contributed by atoms with Gasteiger partial charge in [-0.1, -0.05) is 23.9 Å². The maximum atomic E-state index is 12.3. The number of carbonyl (C=O) groups is 2. The van der Waals surface area contributed by atoms with Gasteiger partial charge in [0.2, 0.25) is 5.91 Å². The van der Waals surface area contributed by atoms with E-state index in [1.54, 1.807) is 38.4 Å². The van der Waals surface area contributed by atoms with Gasteiger partial charge in [0.1, 0.15) is 0 Å². The highest BCUT2D eigenvalue weighted by Crippen LogP contribution is 2.24. The lowest BCUT2D eigenvalue weighted by Gasteiger charge is -2.11. The van der Waals surface area contributed by atoms with Crippen LogP contribution in [-0.2, 0) is 11.3 Å². The number of rotatable bonds is 6. The van der Waals surface area contributed by atoms with Crippen molar-refractivity contribution in [2.45, 2.75) is 18.6 Å². The van der Waals surface area contributed by atoms with Gasteiger partial charge in [0, 0.05) is 31.9 Å². The van der Waals surface area contributed by atoms with Crippen LogP contribution in [0.1, 0.15) is 17.3 Å². The standard InChI is InChI=1S/C20H22N4O2S/c1-4-24-17-8-6-5-7-16(17)22-20(24)27-13-18(25)21-15-11-9-14(10-12-15)19(26)23(2)3/h5-12H,4,13H2,1-3H3,(H,21,25). The van der Waals surface area contributed by atoms with Crippen LogP contribution in [0, 0.1) is 0 Å². The molecule has 0 unspecified atom stereocenters. The molecule has 7 heteroatoms. The maximum absolute atomic E-state index is 12.3. The molecule has 1 heterocycles. The van der Waals surface area contributed by atoms with Crippen LogP contribution in [0.4, 0.5) is 5.69 Å². The molecular weight excluding hydrogens is 360 g/mol. The summed E-state index contributed by atoms with van der Waals surface area (Å²) in [6.45, 7) is 2.86. The zero-order valence-corrected chi connectivity index (χ0v) is 16.4. The van der Waals surface area contributed by atoms with E-state index in [0.717, 1.165) is 22.7 Å². The summed E-state index contributed by atoms with van der Waals surface area (Å²) < 4.78 is 2.11. The minimum absolute atomic E-state index is 0.0677. The molecule has 27 heavy (non-hydrogen) atoms. The highest BCUT2D eigenvalue weighted by molar-refractivity contribution is 7.99. The smallest absolute Gasteiger partial charge is 0.253 e. The first-order valence-electron chi connectivity index (χ1n) is 8.69. The number of hydrogen-bond acceptors (Lipinski definition) is 4. The van der Waals surface area contributed by atoms with Crippen LogP contribution in [-0.4, -0.2) is 46.1 Å². The monoisotopic (exact) mass is 382 g/mol. The fourth-order valence-electron chi connectivity index (χ4n) is 2.75. The molecular formula is C20H22N4O2S. The van der Waals surface area contributed by atoms with Gasteiger partial charge in [-0.05, 0) is 43.3 Å². The van der Waals surface area contributed by atoms with Crippen LogP contribution in [0.5, 0.6) is 0 Å².